The fourth-order valence-corrected chi connectivity index (χ4v) is 11.1. The molecule has 2 aromatic rings. The lowest BCUT2D eigenvalue weighted by Crippen LogP contribution is -2.58. The maximum Gasteiger partial charge on any atom is 0.408 e. The molecule has 1 spiro atoms. The molecule has 3 aliphatic heterocycles. The molecule has 0 radical (unpaired) electrons. The van der Waals surface area contributed by atoms with Gasteiger partial charge in [0.1, 0.15) is 35.1 Å². The minimum atomic E-state index is -3.98. The Balaban J connectivity index is 1.03. The smallest absolute Gasteiger partial charge is 0.408 e. The molecule has 1 unspecified atom stereocenters. The van der Waals surface area contributed by atoms with Gasteiger partial charge in [0.05, 0.1) is 22.5 Å². The predicted molar refractivity (Wildman–Crippen MR) is 207 cm³/mol. The molecule has 4 amide bonds. The Morgan fingerprint density at radius 1 is 1.04 bits per heavy atom. The van der Waals surface area contributed by atoms with Crippen molar-refractivity contribution in [2.45, 2.75) is 131 Å². The topological polar surface area (TPSA) is 173 Å². The Bertz CT molecular complexity index is 2170. The standard InChI is InChI=1S/C42H51N5O8S/c1-25-35-30(29-11-8-9-12-31(29)43-25)16-17-41(55-35)23-33-36(48)45-42(38(50)46-56(52,53)40(2)18-19-40)22-28(42)10-6-4-3-5-7-13-32(37(49)47(33)24-41)44-39(51)54-34-21-26-14-15-27(34)20-26/h6,8-12,14-15,26-28,32-34H,3-5,7,13,16-24H2,1-2H3,(H,44,51)(H,45,48)(H,46,50)/b10-6-/t26-,27+,28+,32-,33-,34?,41+,42+/m0/s1. The minimum absolute atomic E-state index is 0.0787. The van der Waals surface area contributed by atoms with Gasteiger partial charge < -0.3 is 25.0 Å². The number of hydrogen-bond donors (Lipinski definition) is 3. The summed E-state index contributed by atoms with van der Waals surface area (Å²) in [7, 11) is -3.98. The zero-order valence-electron chi connectivity index (χ0n) is 32.1. The molecular formula is C42H51N5O8S. The lowest BCUT2D eigenvalue weighted by atomic mass is 9.87. The van der Waals surface area contributed by atoms with Crippen LogP contribution in [0, 0.1) is 24.7 Å². The van der Waals surface area contributed by atoms with E-state index in [1.807, 2.05) is 43.3 Å². The van der Waals surface area contributed by atoms with E-state index in [9.17, 15) is 27.6 Å². The number of ether oxygens (including phenoxy) is 2. The Labute approximate surface area is 327 Å². The molecule has 298 valence electrons. The van der Waals surface area contributed by atoms with Gasteiger partial charge >= 0.3 is 6.09 Å². The molecule has 1 saturated heterocycles. The molecule has 3 saturated carbocycles. The van der Waals surface area contributed by atoms with Gasteiger partial charge in [-0.25, -0.2) is 18.2 Å². The Hall–Kier alpha value is -4.46. The van der Waals surface area contributed by atoms with Gasteiger partial charge in [-0.15, -0.1) is 0 Å². The van der Waals surface area contributed by atoms with Crippen LogP contribution in [0.2, 0.25) is 0 Å². The second kappa shape index (κ2) is 13.6. The number of pyridine rings is 1. The first-order chi connectivity index (χ1) is 26.8. The summed E-state index contributed by atoms with van der Waals surface area (Å²) in [6, 6.07) is 5.88. The van der Waals surface area contributed by atoms with E-state index in [1.165, 1.54) is 4.90 Å². The molecule has 1 aromatic carbocycles. The van der Waals surface area contributed by atoms with Crippen LogP contribution in [0.15, 0.2) is 48.6 Å². The van der Waals surface area contributed by atoms with Crippen LogP contribution >= 0.6 is 0 Å². The maximum atomic E-state index is 14.9. The minimum Gasteiger partial charge on any atom is -0.483 e. The maximum absolute atomic E-state index is 14.9. The lowest BCUT2D eigenvalue weighted by Gasteiger charge is -2.36. The normalized spacial score (nSPS) is 34.9. The molecule has 9 rings (SSSR count). The van der Waals surface area contributed by atoms with Crippen LogP contribution in [0.1, 0.15) is 95.2 Å². The quantitative estimate of drug-likeness (QED) is 0.365. The van der Waals surface area contributed by atoms with Crippen molar-refractivity contribution in [1.82, 2.24) is 25.2 Å². The van der Waals surface area contributed by atoms with Crippen molar-refractivity contribution >= 4 is 44.7 Å². The molecule has 14 heteroatoms. The van der Waals surface area contributed by atoms with E-state index >= 15 is 0 Å². The number of nitrogens with zero attached hydrogens (tertiary/aromatic N) is 2. The van der Waals surface area contributed by atoms with Crippen LogP contribution < -0.4 is 20.1 Å². The summed E-state index contributed by atoms with van der Waals surface area (Å²) in [5, 5.41) is 6.86. The average Bonchev–Trinajstić information content (AvgIpc) is 3.89. The molecule has 13 nitrogen and oxygen atoms in total. The fraction of sp³-hybridized carbons (Fsp3) is 0.595. The zero-order chi connectivity index (χ0) is 39.0. The van der Waals surface area contributed by atoms with Crippen molar-refractivity contribution < 1.29 is 37.1 Å². The molecule has 3 N–H and O–H groups in total. The number of rotatable bonds is 5. The van der Waals surface area contributed by atoms with E-state index in [4.69, 9.17) is 14.5 Å². The number of amides is 4. The number of benzene rings is 1. The molecule has 7 aliphatic rings. The number of allylic oxidation sites excluding steroid dienone is 2. The van der Waals surface area contributed by atoms with Gasteiger partial charge in [0.25, 0.3) is 5.91 Å². The van der Waals surface area contributed by atoms with Gasteiger partial charge in [0.15, 0.2) is 0 Å². The first-order valence-corrected chi connectivity index (χ1v) is 21.9. The Kier molecular flexibility index (Phi) is 9.01. The molecule has 56 heavy (non-hydrogen) atoms. The highest BCUT2D eigenvalue weighted by Gasteiger charge is 2.64. The van der Waals surface area contributed by atoms with E-state index < -0.39 is 67.7 Å². The van der Waals surface area contributed by atoms with E-state index in [2.05, 4.69) is 27.5 Å². The van der Waals surface area contributed by atoms with Crippen LogP contribution in [0.5, 0.6) is 5.75 Å². The lowest BCUT2D eigenvalue weighted by molar-refractivity contribution is -0.141. The van der Waals surface area contributed by atoms with E-state index in [1.54, 1.807) is 6.92 Å². The van der Waals surface area contributed by atoms with E-state index in [0.717, 1.165) is 42.1 Å². The van der Waals surface area contributed by atoms with Crippen LogP contribution in [-0.2, 0) is 35.6 Å². The summed E-state index contributed by atoms with van der Waals surface area (Å²) in [4.78, 5) is 63.3. The summed E-state index contributed by atoms with van der Waals surface area (Å²) in [5.74, 6) is -0.945. The number of aromatic nitrogens is 1. The molecule has 1 aromatic heterocycles. The highest BCUT2D eigenvalue weighted by molar-refractivity contribution is 7.91. The van der Waals surface area contributed by atoms with Crippen LogP contribution in [0.4, 0.5) is 4.79 Å². The third-order valence-corrected chi connectivity index (χ3v) is 15.8. The van der Waals surface area contributed by atoms with Crippen molar-refractivity contribution in [3.63, 3.8) is 0 Å². The molecule has 8 atom stereocenters. The molecule has 4 fully saturated rings. The second-order valence-corrected chi connectivity index (χ2v) is 19.8. The summed E-state index contributed by atoms with van der Waals surface area (Å²) < 4.78 is 40.5. The number of fused-ring (bicyclic) bond motifs is 7. The van der Waals surface area contributed by atoms with Gasteiger partial charge in [-0.1, -0.05) is 55.3 Å². The number of hydrogen-bond acceptors (Lipinski definition) is 9. The molecule has 4 aliphatic carbocycles. The van der Waals surface area contributed by atoms with Gasteiger partial charge in [-0.2, -0.15) is 0 Å². The number of carbonyl (C=O) groups excluding carboxylic acids is 4. The molecular weight excluding hydrogens is 735 g/mol. The summed E-state index contributed by atoms with van der Waals surface area (Å²) in [5.41, 5.74) is 0.170. The highest BCUT2D eigenvalue weighted by atomic mass is 32.2. The monoisotopic (exact) mass is 785 g/mol. The number of sulfonamides is 1. The van der Waals surface area contributed by atoms with E-state index in [0.29, 0.717) is 62.3 Å². The summed E-state index contributed by atoms with van der Waals surface area (Å²) in [6.45, 7) is 3.58. The first kappa shape index (κ1) is 37.1. The van der Waals surface area contributed by atoms with Crippen molar-refractivity contribution in [3.8, 4) is 5.75 Å². The predicted octanol–water partition coefficient (Wildman–Crippen LogP) is 4.66. The van der Waals surface area contributed by atoms with Crippen LogP contribution in [0.3, 0.4) is 0 Å². The van der Waals surface area contributed by atoms with Gasteiger partial charge in [0.2, 0.25) is 21.8 Å². The van der Waals surface area contributed by atoms with Crippen molar-refractivity contribution in [2.24, 2.45) is 17.8 Å². The zero-order valence-corrected chi connectivity index (χ0v) is 32.9. The van der Waals surface area contributed by atoms with Gasteiger partial charge in [-0.05, 0) is 90.0 Å². The number of nitrogens with one attached hydrogen (secondary N) is 3. The summed E-state index contributed by atoms with van der Waals surface area (Å²) >= 11 is 0. The average molecular weight is 786 g/mol. The Morgan fingerprint density at radius 2 is 1.86 bits per heavy atom. The molecule has 2 bridgehead atoms. The van der Waals surface area contributed by atoms with Gasteiger partial charge in [-0.3, -0.25) is 19.1 Å². The number of aryl methyl sites for hydroxylation is 2. The highest BCUT2D eigenvalue weighted by Crippen LogP contribution is 2.49. The van der Waals surface area contributed by atoms with Crippen molar-refractivity contribution in [2.75, 3.05) is 6.54 Å². The van der Waals surface area contributed by atoms with E-state index in [-0.39, 0.29) is 31.4 Å². The number of alkyl carbamates (subject to hydrolysis) is 1. The molecule has 4 heterocycles. The largest absolute Gasteiger partial charge is 0.483 e. The third-order valence-electron chi connectivity index (χ3n) is 13.6. The third kappa shape index (κ3) is 6.55. The van der Waals surface area contributed by atoms with Crippen LogP contribution in [0.25, 0.3) is 10.9 Å². The number of para-hydroxylation sites is 1. The first-order valence-electron chi connectivity index (χ1n) is 20.4. The number of carbonyl (C=O) groups is 4. The second-order valence-electron chi connectivity index (χ2n) is 17.6. The fourth-order valence-electron chi connectivity index (χ4n) is 9.82. The SMILES string of the molecule is Cc1nc2ccccc2c2c1O[C@]1(CC2)C[C@H]2C(=O)N[C@]3(C(=O)NS(=O)(=O)C4(C)CC4)C[C@H]3/C=C\CCCCC[C@H](NC(=O)OC3C[C@H]4C=C[C@@H]3C4)C(=O)N2C1. The van der Waals surface area contributed by atoms with Gasteiger partial charge in [0, 0.05) is 29.2 Å². The van der Waals surface area contributed by atoms with Crippen molar-refractivity contribution in [3.05, 3.63) is 59.8 Å². The summed E-state index contributed by atoms with van der Waals surface area (Å²) in [6.07, 6.45) is 14.7. The van der Waals surface area contributed by atoms with Crippen LogP contribution in [-0.4, -0.2) is 82.7 Å². The Morgan fingerprint density at radius 3 is 2.62 bits per heavy atom. The van der Waals surface area contributed by atoms with Crippen molar-refractivity contribution in [1.29, 1.82) is 0 Å².